The molecule has 1 saturated heterocycles. The Balaban J connectivity index is 1.54. The second-order valence-corrected chi connectivity index (χ2v) is 10.3. The predicted molar refractivity (Wildman–Crippen MR) is 126 cm³/mol. The highest BCUT2D eigenvalue weighted by Gasteiger charge is 2.34. The maximum atomic E-state index is 13.4. The van der Waals surface area contributed by atoms with Crippen LogP contribution in [-0.4, -0.2) is 30.2 Å². The van der Waals surface area contributed by atoms with Crippen LogP contribution in [-0.2, 0) is 10.0 Å². The Kier molecular flexibility index (Phi) is 6.81. The van der Waals surface area contributed by atoms with Gasteiger partial charge in [-0.25, -0.2) is 8.42 Å². The lowest BCUT2D eigenvalue weighted by Crippen LogP contribution is -2.38. The Bertz CT molecular complexity index is 1220. The van der Waals surface area contributed by atoms with Crippen molar-refractivity contribution in [2.45, 2.75) is 30.2 Å². The van der Waals surface area contributed by atoms with Gasteiger partial charge in [-0.1, -0.05) is 35.7 Å². The average molecular weight is 490 g/mol. The van der Waals surface area contributed by atoms with Crippen molar-refractivity contribution in [2.24, 2.45) is 0 Å². The van der Waals surface area contributed by atoms with E-state index in [0.717, 1.165) is 24.8 Å². The quantitative estimate of drug-likeness (QED) is 0.508. The molecule has 2 aromatic carbocycles. The van der Waals surface area contributed by atoms with Crippen LogP contribution in [0, 0.1) is 0 Å². The molecule has 3 aromatic rings. The van der Waals surface area contributed by atoms with Crippen molar-refractivity contribution in [2.75, 3.05) is 11.9 Å². The maximum Gasteiger partial charge on any atom is 0.257 e. The van der Waals surface area contributed by atoms with Gasteiger partial charge in [0, 0.05) is 29.6 Å². The van der Waals surface area contributed by atoms with Crippen LogP contribution >= 0.6 is 23.2 Å². The SMILES string of the molecule is O=C(Nc1ccc(S(=O)(=O)N2CCCCC2c2cccnc2)cc1)c1ccc(Cl)cc1Cl. The van der Waals surface area contributed by atoms with Crippen molar-refractivity contribution in [1.29, 1.82) is 0 Å². The van der Waals surface area contributed by atoms with Crippen LogP contribution in [0.3, 0.4) is 0 Å². The molecular weight excluding hydrogens is 469 g/mol. The Labute approximate surface area is 197 Å². The summed E-state index contributed by atoms with van der Waals surface area (Å²) in [7, 11) is -3.71. The van der Waals surface area contributed by atoms with Gasteiger partial charge >= 0.3 is 0 Å². The number of hydrogen-bond acceptors (Lipinski definition) is 4. The van der Waals surface area contributed by atoms with Crippen molar-refractivity contribution in [3.8, 4) is 0 Å². The van der Waals surface area contributed by atoms with Gasteiger partial charge in [-0.15, -0.1) is 0 Å². The Hall–Kier alpha value is -2.45. The molecule has 1 aliphatic rings. The first kappa shape index (κ1) is 22.7. The molecule has 0 bridgehead atoms. The summed E-state index contributed by atoms with van der Waals surface area (Å²) in [6.45, 7) is 0.454. The summed E-state index contributed by atoms with van der Waals surface area (Å²) in [4.78, 5) is 16.8. The lowest BCUT2D eigenvalue weighted by atomic mass is 9.99. The molecule has 0 spiro atoms. The Morgan fingerprint density at radius 1 is 1.06 bits per heavy atom. The molecule has 32 heavy (non-hydrogen) atoms. The molecule has 0 aliphatic carbocycles. The molecule has 0 radical (unpaired) electrons. The fourth-order valence-electron chi connectivity index (χ4n) is 3.82. The summed E-state index contributed by atoms with van der Waals surface area (Å²) >= 11 is 12.0. The molecule has 1 N–H and O–H groups in total. The van der Waals surface area contributed by atoms with Gasteiger partial charge in [0.15, 0.2) is 0 Å². The van der Waals surface area contributed by atoms with Crippen LogP contribution in [0.2, 0.25) is 10.0 Å². The molecule has 0 saturated carbocycles. The van der Waals surface area contributed by atoms with Crippen molar-refractivity contribution in [1.82, 2.24) is 9.29 Å². The Morgan fingerprint density at radius 3 is 2.53 bits per heavy atom. The number of anilines is 1. The molecule has 1 unspecified atom stereocenters. The van der Waals surface area contributed by atoms with Gasteiger partial charge in [-0.3, -0.25) is 9.78 Å². The smallest absolute Gasteiger partial charge is 0.257 e. The van der Waals surface area contributed by atoms with Gasteiger partial charge in [0.1, 0.15) is 0 Å². The number of sulfonamides is 1. The maximum absolute atomic E-state index is 13.4. The van der Waals surface area contributed by atoms with E-state index in [1.54, 1.807) is 34.9 Å². The summed E-state index contributed by atoms with van der Waals surface area (Å²) < 4.78 is 28.3. The van der Waals surface area contributed by atoms with E-state index >= 15 is 0 Å². The fraction of sp³-hybridized carbons (Fsp3) is 0.217. The van der Waals surface area contributed by atoms with Gasteiger partial charge in [0.25, 0.3) is 5.91 Å². The minimum atomic E-state index is -3.71. The van der Waals surface area contributed by atoms with Crippen molar-refractivity contribution >= 4 is 44.8 Å². The molecule has 2 heterocycles. The van der Waals surface area contributed by atoms with E-state index in [1.807, 2.05) is 12.1 Å². The third-order valence-corrected chi connectivity index (χ3v) is 7.89. The van der Waals surface area contributed by atoms with E-state index in [-0.39, 0.29) is 21.5 Å². The standard InChI is InChI=1S/C23H21Cl2N3O3S/c24-17-6-11-20(21(25)14-17)23(29)27-18-7-9-19(10-8-18)32(30,31)28-13-2-1-5-22(28)16-4-3-12-26-15-16/h3-4,6-12,14-15,22H,1-2,5,13H2,(H,27,29). The van der Waals surface area contributed by atoms with Crippen LogP contribution in [0.15, 0.2) is 71.9 Å². The highest BCUT2D eigenvalue weighted by atomic mass is 35.5. The number of piperidine rings is 1. The minimum Gasteiger partial charge on any atom is -0.322 e. The second-order valence-electron chi connectivity index (χ2n) is 7.52. The normalized spacial score (nSPS) is 17.1. The number of hydrogen-bond donors (Lipinski definition) is 1. The lowest BCUT2D eigenvalue weighted by Gasteiger charge is -2.34. The molecule has 4 rings (SSSR count). The first-order valence-electron chi connectivity index (χ1n) is 10.1. The summed E-state index contributed by atoms with van der Waals surface area (Å²) in [5.74, 6) is -0.407. The molecule has 1 aliphatic heterocycles. The molecule has 1 fully saturated rings. The van der Waals surface area contributed by atoms with Crippen LogP contribution in [0.4, 0.5) is 5.69 Å². The van der Waals surface area contributed by atoms with Gasteiger partial charge in [0.2, 0.25) is 10.0 Å². The first-order chi connectivity index (χ1) is 15.4. The van der Waals surface area contributed by atoms with Crippen LogP contribution in [0.25, 0.3) is 0 Å². The van der Waals surface area contributed by atoms with E-state index in [1.165, 1.54) is 24.3 Å². The zero-order valence-corrected chi connectivity index (χ0v) is 19.4. The lowest BCUT2D eigenvalue weighted by molar-refractivity contribution is 0.102. The predicted octanol–water partition coefficient (Wildman–Crippen LogP) is 5.56. The number of carbonyl (C=O) groups is 1. The number of nitrogens with zero attached hydrogens (tertiary/aromatic N) is 2. The number of halogens is 2. The van der Waals surface area contributed by atoms with Gasteiger partial charge in [0.05, 0.1) is 21.5 Å². The molecule has 1 aromatic heterocycles. The second kappa shape index (κ2) is 9.58. The molecule has 6 nitrogen and oxygen atoms in total. The summed E-state index contributed by atoms with van der Waals surface area (Å²) in [5, 5.41) is 3.40. The number of rotatable bonds is 5. The van der Waals surface area contributed by atoms with Crippen LogP contribution in [0.5, 0.6) is 0 Å². The summed E-state index contributed by atoms with van der Waals surface area (Å²) in [6, 6.07) is 14.2. The van der Waals surface area contributed by atoms with E-state index < -0.39 is 15.9 Å². The minimum absolute atomic E-state index is 0.177. The topological polar surface area (TPSA) is 79.4 Å². The molecule has 166 valence electrons. The number of aromatic nitrogens is 1. The third kappa shape index (κ3) is 4.81. The van der Waals surface area contributed by atoms with Gasteiger partial charge < -0.3 is 5.32 Å². The number of carbonyl (C=O) groups excluding carboxylic acids is 1. The van der Waals surface area contributed by atoms with Crippen LogP contribution < -0.4 is 5.32 Å². The monoisotopic (exact) mass is 489 g/mol. The van der Waals surface area contributed by atoms with Gasteiger partial charge in [-0.2, -0.15) is 4.31 Å². The van der Waals surface area contributed by atoms with Gasteiger partial charge in [-0.05, 0) is 66.9 Å². The zero-order valence-electron chi connectivity index (χ0n) is 17.0. The highest BCUT2D eigenvalue weighted by molar-refractivity contribution is 7.89. The third-order valence-electron chi connectivity index (χ3n) is 5.42. The zero-order chi connectivity index (χ0) is 22.7. The van der Waals surface area contributed by atoms with E-state index in [0.29, 0.717) is 17.3 Å². The summed E-state index contributed by atoms with van der Waals surface area (Å²) in [6.07, 6.45) is 5.92. The van der Waals surface area contributed by atoms with Crippen molar-refractivity contribution < 1.29 is 13.2 Å². The fourth-order valence-corrected chi connectivity index (χ4v) is 5.99. The average Bonchev–Trinajstić information content (AvgIpc) is 2.80. The van der Waals surface area contributed by atoms with E-state index in [9.17, 15) is 13.2 Å². The molecule has 1 amide bonds. The number of amides is 1. The van der Waals surface area contributed by atoms with E-state index in [2.05, 4.69) is 10.3 Å². The number of benzene rings is 2. The van der Waals surface area contributed by atoms with Crippen molar-refractivity contribution in [3.63, 3.8) is 0 Å². The van der Waals surface area contributed by atoms with E-state index in [4.69, 9.17) is 23.2 Å². The first-order valence-corrected chi connectivity index (χ1v) is 12.3. The highest BCUT2D eigenvalue weighted by Crippen LogP contribution is 2.35. The molecule has 9 heteroatoms. The van der Waals surface area contributed by atoms with Crippen molar-refractivity contribution in [3.05, 3.63) is 88.2 Å². The number of pyridine rings is 1. The van der Waals surface area contributed by atoms with Crippen LogP contribution in [0.1, 0.15) is 41.2 Å². The Morgan fingerprint density at radius 2 is 1.84 bits per heavy atom. The molecular formula is C23H21Cl2N3O3S. The summed E-state index contributed by atoms with van der Waals surface area (Å²) in [5.41, 5.74) is 1.63. The molecule has 1 atom stereocenters. The number of nitrogens with one attached hydrogen (secondary N) is 1. The largest absolute Gasteiger partial charge is 0.322 e.